The van der Waals surface area contributed by atoms with Gasteiger partial charge in [0.1, 0.15) is 5.69 Å². The SMILES string of the molecule is CC(C)C(=O)c1cccc(CO)n1. The van der Waals surface area contributed by atoms with Crippen LogP contribution in [0.1, 0.15) is 30.0 Å². The molecule has 1 rings (SSSR count). The molecule has 0 aromatic carbocycles. The van der Waals surface area contributed by atoms with Crippen molar-refractivity contribution in [3.63, 3.8) is 0 Å². The molecule has 1 aromatic heterocycles. The minimum absolute atomic E-state index is 0.00954. The molecule has 3 heteroatoms. The zero-order valence-corrected chi connectivity index (χ0v) is 7.82. The van der Waals surface area contributed by atoms with E-state index in [2.05, 4.69) is 4.98 Å². The van der Waals surface area contributed by atoms with Gasteiger partial charge in [0.05, 0.1) is 12.3 Å². The molecular formula is C10H13NO2. The van der Waals surface area contributed by atoms with Crippen LogP contribution in [-0.2, 0) is 6.61 Å². The van der Waals surface area contributed by atoms with Crippen molar-refractivity contribution in [2.45, 2.75) is 20.5 Å². The maximum absolute atomic E-state index is 11.5. The van der Waals surface area contributed by atoms with Gasteiger partial charge in [0.15, 0.2) is 5.78 Å². The summed E-state index contributed by atoms with van der Waals surface area (Å²) < 4.78 is 0. The molecule has 0 atom stereocenters. The van der Waals surface area contributed by atoms with Crippen molar-refractivity contribution >= 4 is 5.78 Å². The van der Waals surface area contributed by atoms with Crippen LogP contribution in [0.5, 0.6) is 0 Å². The van der Waals surface area contributed by atoms with E-state index in [-0.39, 0.29) is 18.3 Å². The van der Waals surface area contributed by atoms with E-state index in [1.807, 2.05) is 13.8 Å². The predicted octanol–water partition coefficient (Wildman–Crippen LogP) is 1.41. The van der Waals surface area contributed by atoms with E-state index in [4.69, 9.17) is 5.11 Å². The van der Waals surface area contributed by atoms with Crippen LogP contribution in [0.3, 0.4) is 0 Å². The number of carbonyl (C=O) groups excluding carboxylic acids is 1. The molecule has 0 amide bonds. The van der Waals surface area contributed by atoms with Crippen molar-refractivity contribution < 1.29 is 9.90 Å². The number of pyridine rings is 1. The molecule has 1 N–H and O–H groups in total. The Hall–Kier alpha value is -1.22. The number of rotatable bonds is 3. The third kappa shape index (κ3) is 2.36. The molecule has 0 aliphatic heterocycles. The predicted molar refractivity (Wildman–Crippen MR) is 49.3 cm³/mol. The third-order valence-corrected chi connectivity index (χ3v) is 1.75. The standard InChI is InChI=1S/C10H13NO2/c1-7(2)10(13)9-5-3-4-8(6-12)11-9/h3-5,7,12H,6H2,1-2H3. The molecule has 0 unspecified atom stereocenters. The Morgan fingerprint density at radius 3 is 2.77 bits per heavy atom. The lowest BCUT2D eigenvalue weighted by Crippen LogP contribution is -2.10. The van der Waals surface area contributed by atoms with Crippen LogP contribution in [0.15, 0.2) is 18.2 Å². The van der Waals surface area contributed by atoms with Crippen LogP contribution in [0, 0.1) is 5.92 Å². The lowest BCUT2D eigenvalue weighted by atomic mass is 10.1. The lowest BCUT2D eigenvalue weighted by molar-refractivity contribution is 0.0934. The van der Waals surface area contributed by atoms with Crippen LogP contribution in [0.4, 0.5) is 0 Å². The summed E-state index contributed by atoms with van der Waals surface area (Å²) in [5.74, 6) is -0.0447. The number of ketones is 1. The van der Waals surface area contributed by atoms with Gasteiger partial charge in [0.25, 0.3) is 0 Å². The van der Waals surface area contributed by atoms with Crippen LogP contribution in [-0.4, -0.2) is 15.9 Å². The molecule has 0 bridgehead atoms. The Bertz CT molecular complexity index is 308. The molecule has 0 saturated carbocycles. The van der Waals surface area contributed by atoms with Gasteiger partial charge in [0.2, 0.25) is 0 Å². The van der Waals surface area contributed by atoms with Gasteiger partial charge < -0.3 is 5.11 Å². The van der Waals surface area contributed by atoms with E-state index in [1.165, 1.54) is 0 Å². The normalized spacial score (nSPS) is 10.5. The first-order valence-corrected chi connectivity index (χ1v) is 4.26. The fourth-order valence-electron chi connectivity index (χ4n) is 1.00. The Morgan fingerprint density at radius 2 is 2.23 bits per heavy atom. The van der Waals surface area contributed by atoms with E-state index < -0.39 is 0 Å². The van der Waals surface area contributed by atoms with Gasteiger partial charge in [0, 0.05) is 5.92 Å². The number of hydrogen-bond donors (Lipinski definition) is 1. The fraction of sp³-hybridized carbons (Fsp3) is 0.400. The molecule has 3 nitrogen and oxygen atoms in total. The largest absolute Gasteiger partial charge is 0.390 e. The molecule has 0 spiro atoms. The van der Waals surface area contributed by atoms with Crippen LogP contribution >= 0.6 is 0 Å². The molecule has 0 radical (unpaired) electrons. The first-order chi connectivity index (χ1) is 6.15. The molecule has 13 heavy (non-hydrogen) atoms. The maximum atomic E-state index is 11.5. The maximum Gasteiger partial charge on any atom is 0.183 e. The summed E-state index contributed by atoms with van der Waals surface area (Å²) in [7, 11) is 0. The van der Waals surface area contributed by atoms with E-state index in [0.717, 1.165) is 0 Å². The summed E-state index contributed by atoms with van der Waals surface area (Å²) >= 11 is 0. The Labute approximate surface area is 77.4 Å². The smallest absolute Gasteiger partial charge is 0.183 e. The van der Waals surface area contributed by atoms with Crippen molar-refractivity contribution in [2.75, 3.05) is 0 Å². The van der Waals surface area contributed by atoms with Gasteiger partial charge in [-0.25, -0.2) is 4.98 Å². The first kappa shape index (κ1) is 9.86. The summed E-state index contributed by atoms with van der Waals surface area (Å²) in [6, 6.07) is 5.09. The first-order valence-electron chi connectivity index (χ1n) is 4.26. The second-order valence-corrected chi connectivity index (χ2v) is 3.19. The number of nitrogens with zero attached hydrogens (tertiary/aromatic N) is 1. The highest BCUT2D eigenvalue weighted by Crippen LogP contribution is 2.06. The number of aromatic nitrogens is 1. The van der Waals surface area contributed by atoms with Gasteiger partial charge >= 0.3 is 0 Å². The van der Waals surface area contributed by atoms with Crippen molar-refractivity contribution in [1.82, 2.24) is 4.98 Å². The van der Waals surface area contributed by atoms with Gasteiger partial charge in [-0.3, -0.25) is 4.79 Å². The second kappa shape index (κ2) is 4.14. The molecular weight excluding hydrogens is 166 g/mol. The Balaban J connectivity index is 2.95. The topological polar surface area (TPSA) is 50.2 Å². The molecule has 0 aliphatic rings. The number of Topliss-reactive ketones (excluding diaryl/α,β-unsaturated/α-hetero) is 1. The highest BCUT2D eigenvalue weighted by atomic mass is 16.3. The summed E-state index contributed by atoms with van der Waals surface area (Å²) in [5, 5.41) is 8.81. The molecule has 0 aliphatic carbocycles. The highest BCUT2D eigenvalue weighted by Gasteiger charge is 2.11. The quantitative estimate of drug-likeness (QED) is 0.714. The zero-order chi connectivity index (χ0) is 9.84. The zero-order valence-electron chi connectivity index (χ0n) is 7.82. The summed E-state index contributed by atoms with van der Waals surface area (Å²) in [6.07, 6.45) is 0. The summed E-state index contributed by atoms with van der Waals surface area (Å²) in [5.41, 5.74) is 0.966. The second-order valence-electron chi connectivity index (χ2n) is 3.19. The van der Waals surface area contributed by atoms with Crippen molar-refractivity contribution in [2.24, 2.45) is 5.92 Å². The van der Waals surface area contributed by atoms with Crippen LogP contribution in [0.25, 0.3) is 0 Å². The van der Waals surface area contributed by atoms with Crippen molar-refractivity contribution in [1.29, 1.82) is 0 Å². The van der Waals surface area contributed by atoms with Gasteiger partial charge in [-0.05, 0) is 12.1 Å². The van der Waals surface area contributed by atoms with Crippen molar-refractivity contribution in [3.8, 4) is 0 Å². The summed E-state index contributed by atoms with van der Waals surface area (Å²) in [6.45, 7) is 3.53. The molecule has 70 valence electrons. The lowest BCUT2D eigenvalue weighted by Gasteiger charge is -2.03. The number of hydrogen-bond acceptors (Lipinski definition) is 3. The van der Waals surface area contributed by atoms with E-state index >= 15 is 0 Å². The van der Waals surface area contributed by atoms with Crippen LogP contribution in [0.2, 0.25) is 0 Å². The Morgan fingerprint density at radius 1 is 1.54 bits per heavy atom. The number of carbonyl (C=O) groups is 1. The molecule has 1 heterocycles. The van der Waals surface area contributed by atoms with E-state index in [1.54, 1.807) is 18.2 Å². The number of aliphatic hydroxyl groups excluding tert-OH is 1. The number of aliphatic hydroxyl groups is 1. The average Bonchev–Trinajstić information content (AvgIpc) is 2.16. The van der Waals surface area contributed by atoms with Crippen LogP contribution < -0.4 is 0 Å². The molecule has 0 fully saturated rings. The molecule has 0 saturated heterocycles. The van der Waals surface area contributed by atoms with E-state index in [9.17, 15) is 4.79 Å². The Kier molecular flexibility index (Phi) is 3.14. The van der Waals surface area contributed by atoms with Gasteiger partial charge in [-0.15, -0.1) is 0 Å². The monoisotopic (exact) mass is 179 g/mol. The average molecular weight is 179 g/mol. The van der Waals surface area contributed by atoms with Gasteiger partial charge in [-0.1, -0.05) is 19.9 Å². The minimum atomic E-state index is -0.126. The third-order valence-electron chi connectivity index (χ3n) is 1.75. The molecule has 1 aromatic rings. The van der Waals surface area contributed by atoms with Gasteiger partial charge in [-0.2, -0.15) is 0 Å². The highest BCUT2D eigenvalue weighted by molar-refractivity contribution is 5.95. The fourth-order valence-corrected chi connectivity index (χ4v) is 1.00. The van der Waals surface area contributed by atoms with E-state index in [0.29, 0.717) is 11.4 Å². The summed E-state index contributed by atoms with van der Waals surface area (Å²) in [4.78, 5) is 15.5. The minimum Gasteiger partial charge on any atom is -0.390 e. The van der Waals surface area contributed by atoms with Crippen molar-refractivity contribution in [3.05, 3.63) is 29.6 Å².